The van der Waals surface area contributed by atoms with Crippen LogP contribution in [-0.4, -0.2) is 20.6 Å². The summed E-state index contributed by atoms with van der Waals surface area (Å²) in [5.74, 6) is 1.13. The minimum atomic E-state index is -0.676. The summed E-state index contributed by atoms with van der Waals surface area (Å²) in [4.78, 5) is 15.7. The van der Waals surface area contributed by atoms with E-state index in [0.717, 1.165) is 23.0 Å². The van der Waals surface area contributed by atoms with E-state index >= 15 is 0 Å². The Morgan fingerprint density at radius 3 is 2.84 bits per heavy atom. The maximum Gasteiger partial charge on any atom is 0.307 e. The molecular formula is C15H16N2O2. The van der Waals surface area contributed by atoms with E-state index in [2.05, 4.69) is 29.8 Å². The van der Waals surface area contributed by atoms with Crippen LogP contribution >= 0.6 is 0 Å². The van der Waals surface area contributed by atoms with Gasteiger partial charge >= 0.3 is 5.97 Å². The maximum atomic E-state index is 10.9. The van der Waals surface area contributed by atoms with Gasteiger partial charge in [0.1, 0.15) is 5.82 Å². The number of fused-ring (bicyclic) bond motifs is 1. The topological polar surface area (TPSA) is 55.1 Å². The van der Waals surface area contributed by atoms with Gasteiger partial charge in [-0.1, -0.05) is 6.07 Å². The normalized spacial score (nSPS) is 25.7. The molecule has 0 radical (unpaired) electrons. The molecule has 1 aromatic carbocycles. The second-order valence-electron chi connectivity index (χ2n) is 5.84. The number of hydrogen-bond donors (Lipinski definition) is 1. The summed E-state index contributed by atoms with van der Waals surface area (Å²) >= 11 is 0. The number of benzene rings is 1. The molecule has 4 rings (SSSR count). The van der Waals surface area contributed by atoms with Gasteiger partial charge in [-0.15, -0.1) is 0 Å². The Kier molecular flexibility index (Phi) is 2.08. The van der Waals surface area contributed by atoms with Crippen LogP contribution in [0, 0.1) is 5.92 Å². The molecule has 0 saturated heterocycles. The molecule has 0 amide bonds. The van der Waals surface area contributed by atoms with Crippen LogP contribution in [0.15, 0.2) is 18.2 Å². The van der Waals surface area contributed by atoms with Crippen molar-refractivity contribution in [2.45, 2.75) is 31.1 Å². The lowest BCUT2D eigenvalue weighted by molar-refractivity contribution is -0.138. The second-order valence-corrected chi connectivity index (χ2v) is 5.84. The molecular weight excluding hydrogens is 240 g/mol. The zero-order chi connectivity index (χ0) is 13.1. The number of imidazole rings is 1. The fourth-order valence-corrected chi connectivity index (χ4v) is 3.01. The van der Waals surface area contributed by atoms with Gasteiger partial charge in [0.15, 0.2) is 0 Å². The molecule has 19 heavy (non-hydrogen) atoms. The van der Waals surface area contributed by atoms with E-state index in [0.29, 0.717) is 5.92 Å². The first-order valence-corrected chi connectivity index (χ1v) is 6.84. The molecule has 2 aliphatic rings. The molecule has 2 fully saturated rings. The molecule has 4 nitrogen and oxygen atoms in total. The summed E-state index contributed by atoms with van der Waals surface area (Å²) in [5, 5.41) is 9.01. The first kappa shape index (κ1) is 11.0. The smallest absolute Gasteiger partial charge is 0.307 e. The number of rotatable bonds is 3. The molecule has 4 heteroatoms. The number of nitrogens with zero attached hydrogens (tertiary/aromatic N) is 2. The Labute approximate surface area is 111 Å². The van der Waals surface area contributed by atoms with E-state index in [9.17, 15) is 4.79 Å². The van der Waals surface area contributed by atoms with Crippen molar-refractivity contribution in [2.75, 3.05) is 0 Å². The summed E-state index contributed by atoms with van der Waals surface area (Å²) in [5.41, 5.74) is 3.29. The third kappa shape index (κ3) is 1.66. The Morgan fingerprint density at radius 2 is 2.21 bits per heavy atom. The monoisotopic (exact) mass is 256 g/mol. The van der Waals surface area contributed by atoms with Crippen molar-refractivity contribution in [1.82, 2.24) is 9.55 Å². The van der Waals surface area contributed by atoms with Crippen LogP contribution in [-0.2, 0) is 11.8 Å². The van der Waals surface area contributed by atoms with Gasteiger partial charge in [0.25, 0.3) is 0 Å². The summed E-state index contributed by atoms with van der Waals surface area (Å²) in [7, 11) is 2.07. The van der Waals surface area contributed by atoms with E-state index in [1.54, 1.807) is 0 Å². The minimum absolute atomic E-state index is 0.188. The van der Waals surface area contributed by atoms with Gasteiger partial charge in [0, 0.05) is 13.0 Å². The van der Waals surface area contributed by atoms with E-state index in [-0.39, 0.29) is 11.8 Å². The highest BCUT2D eigenvalue weighted by atomic mass is 16.4. The summed E-state index contributed by atoms with van der Waals surface area (Å²) in [6.07, 6.45) is 3.25. The first-order chi connectivity index (χ1) is 9.15. The van der Waals surface area contributed by atoms with E-state index < -0.39 is 5.97 Å². The maximum absolute atomic E-state index is 10.9. The fourth-order valence-electron chi connectivity index (χ4n) is 3.01. The number of aromatic nitrogens is 2. The lowest BCUT2D eigenvalue weighted by atomic mass is 10.1. The lowest BCUT2D eigenvalue weighted by Crippen LogP contribution is -1.98. The molecule has 0 spiro atoms. The standard InChI is InChI=1S/C15H16N2O2/c1-17-13-5-4-9(10-7-11(10)15(18)19)6-12(13)16-14(17)8-2-3-8/h4-6,8,10-11H,2-3,7H2,1H3,(H,18,19). The SMILES string of the molecule is Cn1c(C2CC2)nc2cc(C3CC3C(=O)O)ccc21. The van der Waals surface area contributed by atoms with Gasteiger partial charge in [0.05, 0.1) is 17.0 Å². The molecule has 1 N–H and O–H groups in total. The van der Waals surface area contributed by atoms with Gasteiger partial charge < -0.3 is 9.67 Å². The summed E-state index contributed by atoms with van der Waals surface area (Å²) in [6, 6.07) is 6.23. The predicted molar refractivity (Wildman–Crippen MR) is 71.2 cm³/mol. The zero-order valence-electron chi connectivity index (χ0n) is 10.8. The van der Waals surface area contributed by atoms with Crippen LogP contribution < -0.4 is 0 Å². The number of aryl methyl sites for hydroxylation is 1. The molecule has 98 valence electrons. The van der Waals surface area contributed by atoms with Gasteiger partial charge in [-0.2, -0.15) is 0 Å². The molecule has 1 aromatic heterocycles. The van der Waals surface area contributed by atoms with Gasteiger partial charge in [-0.05, 0) is 42.9 Å². The largest absolute Gasteiger partial charge is 0.481 e. The van der Waals surface area contributed by atoms with Crippen molar-refractivity contribution in [1.29, 1.82) is 0 Å². The molecule has 2 aliphatic carbocycles. The average molecular weight is 256 g/mol. The van der Waals surface area contributed by atoms with Crippen LogP contribution in [0.25, 0.3) is 11.0 Å². The third-order valence-corrected chi connectivity index (χ3v) is 4.42. The van der Waals surface area contributed by atoms with Crippen LogP contribution in [0.3, 0.4) is 0 Å². The average Bonchev–Trinajstić information content (AvgIpc) is 3.27. The molecule has 2 saturated carbocycles. The quantitative estimate of drug-likeness (QED) is 0.918. The van der Waals surface area contributed by atoms with Crippen LogP contribution in [0.5, 0.6) is 0 Å². The summed E-state index contributed by atoms with van der Waals surface area (Å²) < 4.78 is 2.18. The van der Waals surface area contributed by atoms with E-state index in [1.165, 1.54) is 18.7 Å². The van der Waals surface area contributed by atoms with Gasteiger partial charge in [-0.3, -0.25) is 4.79 Å². The highest BCUT2D eigenvalue weighted by molar-refractivity contribution is 5.79. The van der Waals surface area contributed by atoms with Crippen molar-refractivity contribution in [3.8, 4) is 0 Å². The predicted octanol–water partition coefficient (Wildman–Crippen LogP) is 2.64. The van der Waals surface area contributed by atoms with E-state index in [1.807, 2.05) is 0 Å². The Hall–Kier alpha value is -1.84. The first-order valence-electron chi connectivity index (χ1n) is 6.84. The minimum Gasteiger partial charge on any atom is -0.481 e. The molecule has 2 atom stereocenters. The molecule has 2 unspecified atom stereocenters. The number of carbonyl (C=O) groups is 1. The Balaban J connectivity index is 1.74. The number of aliphatic carboxylic acids is 1. The van der Waals surface area contributed by atoms with Crippen molar-refractivity contribution in [3.05, 3.63) is 29.6 Å². The highest BCUT2D eigenvalue weighted by Crippen LogP contribution is 2.48. The Morgan fingerprint density at radius 1 is 1.42 bits per heavy atom. The van der Waals surface area contributed by atoms with Crippen molar-refractivity contribution < 1.29 is 9.90 Å². The Bertz CT molecular complexity index is 685. The van der Waals surface area contributed by atoms with Crippen molar-refractivity contribution in [2.24, 2.45) is 13.0 Å². The fraction of sp³-hybridized carbons (Fsp3) is 0.467. The highest BCUT2D eigenvalue weighted by Gasteiger charge is 2.44. The van der Waals surface area contributed by atoms with Crippen LogP contribution in [0.1, 0.15) is 42.5 Å². The van der Waals surface area contributed by atoms with Crippen LogP contribution in [0.2, 0.25) is 0 Å². The third-order valence-electron chi connectivity index (χ3n) is 4.42. The van der Waals surface area contributed by atoms with E-state index in [4.69, 9.17) is 10.1 Å². The second kappa shape index (κ2) is 3.59. The number of hydrogen-bond acceptors (Lipinski definition) is 2. The van der Waals surface area contributed by atoms with Crippen molar-refractivity contribution in [3.63, 3.8) is 0 Å². The molecule has 2 aromatic rings. The molecule has 0 bridgehead atoms. The molecule has 1 heterocycles. The lowest BCUT2D eigenvalue weighted by Gasteiger charge is -2.01. The summed E-state index contributed by atoms with van der Waals surface area (Å²) in [6.45, 7) is 0. The zero-order valence-corrected chi connectivity index (χ0v) is 10.8. The van der Waals surface area contributed by atoms with Crippen molar-refractivity contribution >= 4 is 17.0 Å². The van der Waals surface area contributed by atoms with Gasteiger partial charge in [-0.25, -0.2) is 4.98 Å². The molecule has 0 aliphatic heterocycles. The number of carboxylic acids is 1. The van der Waals surface area contributed by atoms with Gasteiger partial charge in [0.2, 0.25) is 0 Å². The number of carboxylic acid groups (broad SMARTS) is 1. The van der Waals surface area contributed by atoms with Crippen LogP contribution in [0.4, 0.5) is 0 Å².